The number of benzene rings is 1. The van der Waals surface area contributed by atoms with Crippen LogP contribution < -0.4 is 16.6 Å². The molecule has 1 atom stereocenters. The minimum absolute atomic E-state index is 0.00110. The summed E-state index contributed by atoms with van der Waals surface area (Å²) in [6.45, 7) is 3.94. The Bertz CT molecular complexity index is 496. The monoisotopic (exact) mass is 298 g/mol. The van der Waals surface area contributed by atoms with E-state index in [1.54, 1.807) is 11.8 Å². The normalized spacial score (nSPS) is 11.8. The first-order chi connectivity index (χ1) is 9.49. The van der Waals surface area contributed by atoms with E-state index < -0.39 is 4.92 Å². The van der Waals surface area contributed by atoms with Gasteiger partial charge in [-0.15, -0.1) is 0 Å². The first-order valence-electron chi connectivity index (χ1n) is 6.13. The topological polar surface area (TPSA) is 110 Å². The van der Waals surface area contributed by atoms with Gasteiger partial charge in [0.2, 0.25) is 0 Å². The highest BCUT2D eigenvalue weighted by Gasteiger charge is 2.17. The van der Waals surface area contributed by atoms with Crippen LogP contribution in [0.25, 0.3) is 0 Å². The Morgan fingerprint density at radius 1 is 1.55 bits per heavy atom. The number of nitrogens with one attached hydrogen (secondary N) is 2. The fourth-order valence-corrected chi connectivity index (χ4v) is 2.26. The van der Waals surface area contributed by atoms with Crippen LogP contribution in [-0.2, 0) is 0 Å². The number of nitrogen functional groups attached to an aromatic ring is 1. The molecule has 0 spiro atoms. The van der Waals surface area contributed by atoms with E-state index in [1.165, 1.54) is 18.2 Å². The van der Waals surface area contributed by atoms with E-state index >= 15 is 0 Å². The number of nitrogens with two attached hydrogens (primary N) is 1. The number of carbonyl (C=O) groups is 1. The maximum atomic E-state index is 12.0. The van der Waals surface area contributed by atoms with E-state index in [4.69, 9.17) is 5.84 Å². The molecule has 1 unspecified atom stereocenters. The van der Waals surface area contributed by atoms with E-state index in [-0.39, 0.29) is 28.9 Å². The average Bonchev–Trinajstić information content (AvgIpc) is 2.44. The number of nitrogens with zero attached hydrogens (tertiary/aromatic N) is 1. The Balaban J connectivity index is 2.83. The molecule has 0 bridgehead atoms. The van der Waals surface area contributed by atoms with Crippen molar-refractivity contribution in [2.75, 3.05) is 16.9 Å². The third-order valence-electron chi connectivity index (χ3n) is 2.56. The number of nitro groups is 1. The third kappa shape index (κ3) is 4.39. The minimum Gasteiger partial charge on any atom is -0.349 e. The second-order valence-corrected chi connectivity index (χ2v) is 5.49. The van der Waals surface area contributed by atoms with Gasteiger partial charge in [-0.25, -0.2) is 0 Å². The van der Waals surface area contributed by atoms with E-state index in [2.05, 4.69) is 10.7 Å². The summed E-state index contributed by atoms with van der Waals surface area (Å²) in [6, 6.07) is 4.12. The van der Waals surface area contributed by atoms with Crippen molar-refractivity contribution in [3.05, 3.63) is 33.9 Å². The minimum atomic E-state index is -0.581. The van der Waals surface area contributed by atoms with Crippen LogP contribution >= 0.6 is 11.8 Å². The van der Waals surface area contributed by atoms with Gasteiger partial charge in [0.05, 0.1) is 4.92 Å². The molecule has 0 saturated carbocycles. The summed E-state index contributed by atoms with van der Waals surface area (Å²) in [6.07, 6.45) is 0. The number of rotatable bonds is 7. The van der Waals surface area contributed by atoms with Gasteiger partial charge in [-0.05, 0) is 24.8 Å². The van der Waals surface area contributed by atoms with Crippen LogP contribution in [0.5, 0.6) is 0 Å². The van der Waals surface area contributed by atoms with Crippen molar-refractivity contribution in [3.8, 4) is 0 Å². The van der Waals surface area contributed by atoms with Crippen molar-refractivity contribution in [3.63, 3.8) is 0 Å². The molecule has 1 rings (SSSR count). The van der Waals surface area contributed by atoms with Crippen molar-refractivity contribution in [1.82, 2.24) is 5.32 Å². The number of carbonyl (C=O) groups excluding carboxylic acids is 1. The lowest BCUT2D eigenvalue weighted by molar-refractivity contribution is -0.384. The predicted molar refractivity (Wildman–Crippen MR) is 80.8 cm³/mol. The van der Waals surface area contributed by atoms with Gasteiger partial charge < -0.3 is 10.7 Å². The molecule has 0 aliphatic carbocycles. The fraction of sp³-hybridized carbons (Fsp3) is 0.417. The summed E-state index contributed by atoms with van der Waals surface area (Å²) in [7, 11) is 0. The summed E-state index contributed by atoms with van der Waals surface area (Å²) < 4.78 is 0. The molecule has 4 N–H and O–H groups in total. The molecule has 1 aromatic carbocycles. The molecule has 1 aromatic rings. The number of nitro benzene ring substituents is 1. The maximum absolute atomic E-state index is 12.0. The van der Waals surface area contributed by atoms with Gasteiger partial charge in [0.25, 0.3) is 11.6 Å². The van der Waals surface area contributed by atoms with Crippen molar-refractivity contribution in [2.45, 2.75) is 19.9 Å². The van der Waals surface area contributed by atoms with Crippen LogP contribution in [0, 0.1) is 10.1 Å². The Morgan fingerprint density at radius 3 is 2.80 bits per heavy atom. The zero-order chi connectivity index (χ0) is 15.1. The van der Waals surface area contributed by atoms with Gasteiger partial charge in [-0.1, -0.05) is 6.92 Å². The molecule has 110 valence electrons. The second kappa shape index (κ2) is 7.71. The van der Waals surface area contributed by atoms with Crippen molar-refractivity contribution in [2.24, 2.45) is 5.84 Å². The highest BCUT2D eigenvalue weighted by Crippen LogP contribution is 2.24. The molecule has 8 heteroatoms. The number of hydrazine groups is 1. The molecular formula is C12H18N4O3S. The molecule has 0 aliphatic heterocycles. The standard InChI is InChI=1S/C12H18N4O3S/c1-3-20-7-8(2)14-12(17)9-4-5-10(15-13)11(6-9)16(18)19/h4-6,8,15H,3,7,13H2,1-2H3,(H,14,17). The number of hydrogen-bond donors (Lipinski definition) is 3. The first-order valence-corrected chi connectivity index (χ1v) is 7.28. The molecule has 20 heavy (non-hydrogen) atoms. The van der Waals surface area contributed by atoms with E-state index in [1.807, 2.05) is 13.8 Å². The zero-order valence-corrected chi connectivity index (χ0v) is 12.2. The average molecular weight is 298 g/mol. The lowest BCUT2D eigenvalue weighted by Crippen LogP contribution is -2.34. The highest BCUT2D eigenvalue weighted by atomic mass is 32.2. The van der Waals surface area contributed by atoms with Gasteiger partial charge in [0.15, 0.2) is 0 Å². The Kier molecular flexibility index (Phi) is 6.26. The third-order valence-corrected chi connectivity index (χ3v) is 3.71. The van der Waals surface area contributed by atoms with Gasteiger partial charge in [0, 0.05) is 23.4 Å². The van der Waals surface area contributed by atoms with Gasteiger partial charge in [-0.2, -0.15) is 11.8 Å². The molecule has 0 heterocycles. The molecule has 0 aromatic heterocycles. The Morgan fingerprint density at radius 2 is 2.25 bits per heavy atom. The fourth-order valence-electron chi connectivity index (χ4n) is 1.59. The summed E-state index contributed by atoms with van der Waals surface area (Å²) >= 11 is 1.72. The highest BCUT2D eigenvalue weighted by molar-refractivity contribution is 7.99. The number of thioether (sulfide) groups is 1. The molecule has 0 fully saturated rings. The van der Waals surface area contributed by atoms with Gasteiger partial charge in [-0.3, -0.25) is 20.8 Å². The largest absolute Gasteiger partial charge is 0.349 e. The van der Waals surface area contributed by atoms with Gasteiger partial charge >= 0.3 is 0 Å². The number of amides is 1. The molecule has 0 radical (unpaired) electrons. The van der Waals surface area contributed by atoms with Crippen LogP contribution in [0.3, 0.4) is 0 Å². The summed E-state index contributed by atoms with van der Waals surface area (Å²) in [5.41, 5.74) is 2.42. The Labute approximate surface area is 121 Å². The first kappa shape index (κ1) is 16.3. The number of hydrogen-bond acceptors (Lipinski definition) is 6. The second-order valence-electron chi connectivity index (χ2n) is 4.17. The Hall–Kier alpha value is -1.80. The van der Waals surface area contributed by atoms with Gasteiger partial charge in [0.1, 0.15) is 5.69 Å². The molecule has 7 nitrogen and oxygen atoms in total. The van der Waals surface area contributed by atoms with Crippen LogP contribution in [-0.4, -0.2) is 28.4 Å². The van der Waals surface area contributed by atoms with E-state index in [0.29, 0.717) is 0 Å². The van der Waals surface area contributed by atoms with Crippen LogP contribution in [0.15, 0.2) is 18.2 Å². The molecule has 0 saturated heterocycles. The lowest BCUT2D eigenvalue weighted by Gasteiger charge is -2.13. The molecular weight excluding hydrogens is 280 g/mol. The van der Waals surface area contributed by atoms with Crippen LogP contribution in [0.2, 0.25) is 0 Å². The van der Waals surface area contributed by atoms with Crippen molar-refractivity contribution >= 4 is 29.0 Å². The zero-order valence-electron chi connectivity index (χ0n) is 11.4. The maximum Gasteiger partial charge on any atom is 0.294 e. The van der Waals surface area contributed by atoms with Crippen LogP contribution in [0.4, 0.5) is 11.4 Å². The van der Waals surface area contributed by atoms with E-state index in [0.717, 1.165) is 11.5 Å². The number of anilines is 1. The summed E-state index contributed by atoms with van der Waals surface area (Å²) in [5.74, 6) is 6.63. The summed E-state index contributed by atoms with van der Waals surface area (Å²) in [5, 5.41) is 13.7. The van der Waals surface area contributed by atoms with Crippen molar-refractivity contribution < 1.29 is 9.72 Å². The lowest BCUT2D eigenvalue weighted by atomic mass is 10.1. The SMILES string of the molecule is CCSCC(C)NC(=O)c1ccc(NN)c([N+](=O)[O-])c1. The van der Waals surface area contributed by atoms with E-state index in [9.17, 15) is 14.9 Å². The smallest absolute Gasteiger partial charge is 0.294 e. The molecule has 1 amide bonds. The molecule has 0 aliphatic rings. The van der Waals surface area contributed by atoms with Crippen LogP contribution in [0.1, 0.15) is 24.2 Å². The quantitative estimate of drug-likeness (QED) is 0.402. The van der Waals surface area contributed by atoms with Crippen molar-refractivity contribution in [1.29, 1.82) is 0 Å². The summed E-state index contributed by atoms with van der Waals surface area (Å²) in [4.78, 5) is 22.3. The predicted octanol–water partition coefficient (Wildman–Crippen LogP) is 1.75.